The molecular weight excluding hydrogens is 433 g/mol. The number of ether oxygens (including phenoxy) is 2. The fourth-order valence-electron chi connectivity index (χ4n) is 4.79. The Bertz CT molecular complexity index is 914. The summed E-state index contributed by atoms with van der Waals surface area (Å²) in [4.78, 5) is 8.76. The second-order valence-corrected chi connectivity index (χ2v) is 9.90. The molecule has 0 unspecified atom stereocenters. The quantitative estimate of drug-likeness (QED) is 0.441. The Morgan fingerprint density at radius 2 is 1.85 bits per heavy atom. The molecular formula is C26H38FN5O2. The zero-order valence-electron chi connectivity index (χ0n) is 20.4. The molecule has 7 nitrogen and oxygen atoms in total. The SMILES string of the molecule is COCCNC1CCC(Nc2cc(-c3ccnc(NCC4(C)CCOCC4)c3)c(F)cn2)CC1. The van der Waals surface area contributed by atoms with Gasteiger partial charge in [0.25, 0.3) is 0 Å². The second-order valence-electron chi connectivity index (χ2n) is 9.90. The van der Waals surface area contributed by atoms with E-state index in [-0.39, 0.29) is 11.2 Å². The van der Waals surface area contributed by atoms with Crippen LogP contribution in [-0.2, 0) is 9.47 Å². The average molecular weight is 472 g/mol. The van der Waals surface area contributed by atoms with E-state index in [1.807, 2.05) is 18.2 Å². The Balaban J connectivity index is 1.36. The average Bonchev–Trinajstić information content (AvgIpc) is 2.86. The van der Waals surface area contributed by atoms with Gasteiger partial charge >= 0.3 is 0 Å². The van der Waals surface area contributed by atoms with Gasteiger partial charge in [0, 0.05) is 57.3 Å². The molecule has 0 atom stereocenters. The summed E-state index contributed by atoms with van der Waals surface area (Å²) in [6.45, 7) is 6.32. The van der Waals surface area contributed by atoms with Gasteiger partial charge in [-0.15, -0.1) is 0 Å². The maximum Gasteiger partial charge on any atom is 0.149 e. The number of aromatic nitrogens is 2. The van der Waals surface area contributed by atoms with Gasteiger partial charge in [0.05, 0.1) is 12.8 Å². The molecule has 4 rings (SSSR count). The molecule has 1 aliphatic carbocycles. The first-order valence-corrected chi connectivity index (χ1v) is 12.5. The number of nitrogens with zero attached hydrogens (tertiary/aromatic N) is 2. The van der Waals surface area contributed by atoms with Gasteiger partial charge in [0.15, 0.2) is 0 Å². The third-order valence-electron chi connectivity index (χ3n) is 7.14. The molecule has 34 heavy (non-hydrogen) atoms. The molecule has 2 aromatic heterocycles. The van der Waals surface area contributed by atoms with E-state index < -0.39 is 0 Å². The summed E-state index contributed by atoms with van der Waals surface area (Å²) in [7, 11) is 1.73. The molecule has 0 radical (unpaired) electrons. The summed E-state index contributed by atoms with van der Waals surface area (Å²) < 4.78 is 25.3. The van der Waals surface area contributed by atoms with Gasteiger partial charge in [0.1, 0.15) is 17.5 Å². The molecule has 3 N–H and O–H groups in total. The lowest BCUT2D eigenvalue weighted by Crippen LogP contribution is -2.38. The second kappa shape index (κ2) is 11.9. The lowest BCUT2D eigenvalue weighted by atomic mass is 9.82. The number of hydrogen-bond donors (Lipinski definition) is 3. The van der Waals surface area contributed by atoms with E-state index in [0.29, 0.717) is 23.5 Å². The van der Waals surface area contributed by atoms with E-state index in [4.69, 9.17) is 9.47 Å². The van der Waals surface area contributed by atoms with E-state index in [9.17, 15) is 4.39 Å². The molecule has 1 aliphatic heterocycles. The van der Waals surface area contributed by atoms with Crippen LogP contribution in [0.25, 0.3) is 11.1 Å². The van der Waals surface area contributed by atoms with Crippen molar-refractivity contribution in [3.63, 3.8) is 0 Å². The van der Waals surface area contributed by atoms with Crippen molar-refractivity contribution >= 4 is 11.6 Å². The van der Waals surface area contributed by atoms with Gasteiger partial charge in [-0.05, 0) is 67.7 Å². The summed E-state index contributed by atoms with van der Waals surface area (Å²) in [6.07, 6.45) is 9.44. The molecule has 8 heteroatoms. The van der Waals surface area contributed by atoms with Crippen LogP contribution in [0, 0.1) is 11.2 Å². The lowest BCUT2D eigenvalue weighted by molar-refractivity contribution is 0.0300. The molecule has 2 aromatic rings. The van der Waals surface area contributed by atoms with Crippen LogP contribution in [0.3, 0.4) is 0 Å². The van der Waals surface area contributed by atoms with Crippen LogP contribution < -0.4 is 16.0 Å². The van der Waals surface area contributed by atoms with Crippen molar-refractivity contribution in [3.05, 3.63) is 36.4 Å². The van der Waals surface area contributed by atoms with Gasteiger partial charge in [-0.1, -0.05) is 6.92 Å². The normalized spacial score (nSPS) is 22.3. The van der Waals surface area contributed by atoms with E-state index in [1.54, 1.807) is 13.3 Å². The minimum Gasteiger partial charge on any atom is -0.383 e. The van der Waals surface area contributed by atoms with Gasteiger partial charge in [-0.3, -0.25) is 0 Å². The van der Waals surface area contributed by atoms with Crippen molar-refractivity contribution in [1.82, 2.24) is 15.3 Å². The zero-order valence-corrected chi connectivity index (χ0v) is 20.4. The van der Waals surface area contributed by atoms with Crippen molar-refractivity contribution in [2.75, 3.05) is 50.7 Å². The van der Waals surface area contributed by atoms with Crippen molar-refractivity contribution < 1.29 is 13.9 Å². The maximum absolute atomic E-state index is 14.7. The number of hydrogen-bond acceptors (Lipinski definition) is 7. The first-order chi connectivity index (χ1) is 16.5. The Morgan fingerprint density at radius 3 is 2.62 bits per heavy atom. The van der Waals surface area contributed by atoms with Crippen LogP contribution in [0.4, 0.5) is 16.0 Å². The molecule has 3 heterocycles. The van der Waals surface area contributed by atoms with Gasteiger partial charge in [-0.2, -0.15) is 0 Å². The van der Waals surface area contributed by atoms with Gasteiger partial charge in [-0.25, -0.2) is 14.4 Å². The highest BCUT2D eigenvalue weighted by atomic mass is 19.1. The van der Waals surface area contributed by atoms with Crippen LogP contribution in [0.5, 0.6) is 0 Å². The largest absolute Gasteiger partial charge is 0.383 e. The lowest BCUT2D eigenvalue weighted by Gasteiger charge is -2.33. The summed E-state index contributed by atoms with van der Waals surface area (Å²) in [6, 6.07) is 6.47. The molecule has 0 aromatic carbocycles. The van der Waals surface area contributed by atoms with Crippen molar-refractivity contribution in [2.24, 2.45) is 5.41 Å². The Kier molecular flexibility index (Phi) is 8.69. The summed E-state index contributed by atoms with van der Waals surface area (Å²) in [5.41, 5.74) is 1.52. The summed E-state index contributed by atoms with van der Waals surface area (Å²) in [5, 5.41) is 10.5. The Morgan fingerprint density at radius 1 is 1.09 bits per heavy atom. The first-order valence-electron chi connectivity index (χ1n) is 12.5. The topological polar surface area (TPSA) is 80.3 Å². The van der Waals surface area contributed by atoms with Gasteiger partial charge in [0.2, 0.25) is 0 Å². The molecule has 186 valence electrons. The molecule has 2 aliphatic rings. The highest BCUT2D eigenvalue weighted by molar-refractivity contribution is 5.69. The van der Waals surface area contributed by atoms with Crippen LogP contribution in [-0.4, -0.2) is 62.1 Å². The van der Waals surface area contributed by atoms with Crippen molar-refractivity contribution in [2.45, 2.75) is 57.5 Å². The minimum atomic E-state index is -0.329. The Labute approximate surface area is 202 Å². The predicted octanol–water partition coefficient (Wildman–Crippen LogP) is 4.47. The Hall–Kier alpha value is -2.29. The van der Waals surface area contributed by atoms with E-state index in [0.717, 1.165) is 82.8 Å². The fourth-order valence-corrected chi connectivity index (χ4v) is 4.79. The van der Waals surface area contributed by atoms with Crippen LogP contribution in [0.2, 0.25) is 0 Å². The molecule has 0 bridgehead atoms. The van der Waals surface area contributed by atoms with Gasteiger partial charge < -0.3 is 25.4 Å². The third kappa shape index (κ3) is 6.87. The highest BCUT2D eigenvalue weighted by Gasteiger charge is 2.27. The van der Waals surface area contributed by atoms with E-state index in [1.165, 1.54) is 6.20 Å². The number of halogens is 1. The molecule has 0 spiro atoms. The molecule has 1 saturated carbocycles. The van der Waals surface area contributed by atoms with Crippen LogP contribution >= 0.6 is 0 Å². The highest BCUT2D eigenvalue weighted by Crippen LogP contribution is 2.31. The molecule has 0 amide bonds. The smallest absolute Gasteiger partial charge is 0.149 e. The summed E-state index contributed by atoms with van der Waals surface area (Å²) in [5.74, 6) is 1.15. The zero-order chi connectivity index (χ0) is 23.8. The number of rotatable bonds is 10. The summed E-state index contributed by atoms with van der Waals surface area (Å²) >= 11 is 0. The van der Waals surface area contributed by atoms with Crippen molar-refractivity contribution in [1.29, 1.82) is 0 Å². The fraction of sp³-hybridized carbons (Fsp3) is 0.615. The van der Waals surface area contributed by atoms with E-state index in [2.05, 4.69) is 32.8 Å². The predicted molar refractivity (Wildman–Crippen MR) is 134 cm³/mol. The van der Waals surface area contributed by atoms with Crippen LogP contribution in [0.15, 0.2) is 30.6 Å². The number of pyridine rings is 2. The maximum atomic E-state index is 14.7. The number of anilines is 2. The number of methoxy groups -OCH3 is 1. The van der Waals surface area contributed by atoms with Crippen molar-refractivity contribution in [3.8, 4) is 11.1 Å². The molecule has 2 fully saturated rings. The van der Waals surface area contributed by atoms with Crippen LogP contribution in [0.1, 0.15) is 45.4 Å². The third-order valence-corrected chi connectivity index (χ3v) is 7.14. The first kappa shape index (κ1) is 24.8. The number of nitrogens with one attached hydrogen (secondary N) is 3. The van der Waals surface area contributed by atoms with E-state index >= 15 is 0 Å². The monoisotopic (exact) mass is 471 g/mol. The molecule has 1 saturated heterocycles. The minimum absolute atomic E-state index is 0.188. The standard InChI is InChI=1S/C26H38FN5O2/c1-26(8-12-34-13-9-26)18-31-24-15-19(7-10-29-24)22-16-25(30-17-23(22)27)32-21-5-3-20(4-6-21)28-11-14-33-2/h7,10,15-17,20-21,28H,3-6,8-9,11-14,18H2,1-2H3,(H,29,31)(H,30,32).